The van der Waals surface area contributed by atoms with E-state index in [9.17, 15) is 0 Å². The Bertz CT molecular complexity index is 491. The molecule has 0 radical (unpaired) electrons. The molecule has 1 unspecified atom stereocenters. The highest BCUT2D eigenvalue weighted by Crippen LogP contribution is 2.23. The van der Waals surface area contributed by atoms with Gasteiger partial charge < -0.3 is 14.5 Å². The Kier molecular flexibility index (Phi) is 4.50. The molecule has 2 aromatic rings. The summed E-state index contributed by atoms with van der Waals surface area (Å²) < 4.78 is 11.1. The molecule has 0 fully saturated rings. The van der Waals surface area contributed by atoms with E-state index in [2.05, 4.69) is 26.1 Å². The van der Waals surface area contributed by atoms with Crippen LogP contribution in [0, 0.1) is 5.92 Å². The van der Waals surface area contributed by atoms with Crippen molar-refractivity contribution >= 4 is 5.69 Å². The number of rotatable bonds is 6. The first-order valence-electron chi connectivity index (χ1n) is 6.68. The van der Waals surface area contributed by atoms with Crippen molar-refractivity contribution in [2.45, 2.75) is 26.8 Å². The van der Waals surface area contributed by atoms with Gasteiger partial charge in [0.2, 0.25) is 0 Å². The summed E-state index contributed by atoms with van der Waals surface area (Å²) in [7, 11) is 0. The average molecular weight is 259 g/mol. The maximum atomic E-state index is 5.72. The lowest BCUT2D eigenvalue weighted by Crippen LogP contribution is -2.07. The first kappa shape index (κ1) is 13.5. The molecular weight excluding hydrogens is 238 g/mol. The fourth-order valence-corrected chi connectivity index (χ4v) is 1.80. The van der Waals surface area contributed by atoms with E-state index in [-0.39, 0.29) is 6.04 Å². The molecule has 0 aliphatic heterocycles. The zero-order valence-corrected chi connectivity index (χ0v) is 11.7. The summed E-state index contributed by atoms with van der Waals surface area (Å²) in [5, 5.41) is 3.40. The molecule has 0 amide bonds. The Morgan fingerprint density at radius 2 is 2.00 bits per heavy atom. The Balaban J connectivity index is 1.98. The number of ether oxygens (including phenoxy) is 1. The minimum Gasteiger partial charge on any atom is -0.493 e. The minimum absolute atomic E-state index is 0.135. The van der Waals surface area contributed by atoms with Gasteiger partial charge in [0.25, 0.3) is 0 Å². The molecule has 0 saturated heterocycles. The van der Waals surface area contributed by atoms with E-state index in [1.54, 1.807) is 6.26 Å². The predicted molar refractivity (Wildman–Crippen MR) is 77.5 cm³/mol. The summed E-state index contributed by atoms with van der Waals surface area (Å²) in [4.78, 5) is 0. The Hall–Kier alpha value is -1.90. The lowest BCUT2D eigenvalue weighted by Gasteiger charge is -2.14. The van der Waals surface area contributed by atoms with Crippen LogP contribution in [0.3, 0.4) is 0 Å². The van der Waals surface area contributed by atoms with Gasteiger partial charge in [-0.3, -0.25) is 0 Å². The SMILES string of the molecule is CC(C)COc1cccc(NC(C)c2ccco2)c1. The van der Waals surface area contributed by atoms with Crippen LogP contribution in [0.5, 0.6) is 5.75 Å². The molecule has 19 heavy (non-hydrogen) atoms. The van der Waals surface area contributed by atoms with E-state index in [1.807, 2.05) is 36.4 Å². The summed E-state index contributed by atoms with van der Waals surface area (Å²) in [6.45, 7) is 7.08. The Labute approximate surface area is 114 Å². The molecule has 3 nitrogen and oxygen atoms in total. The molecule has 0 bridgehead atoms. The standard InChI is InChI=1S/C16H21NO2/c1-12(2)11-19-15-7-4-6-14(10-15)17-13(3)16-8-5-9-18-16/h4-10,12-13,17H,11H2,1-3H3. The Morgan fingerprint density at radius 1 is 1.16 bits per heavy atom. The molecule has 1 N–H and O–H groups in total. The fraction of sp³-hybridized carbons (Fsp3) is 0.375. The Morgan fingerprint density at radius 3 is 2.68 bits per heavy atom. The van der Waals surface area contributed by atoms with Crippen LogP contribution in [0.25, 0.3) is 0 Å². The van der Waals surface area contributed by atoms with Gasteiger partial charge in [0.1, 0.15) is 11.5 Å². The van der Waals surface area contributed by atoms with Crippen molar-refractivity contribution in [3.63, 3.8) is 0 Å². The highest BCUT2D eigenvalue weighted by atomic mass is 16.5. The number of anilines is 1. The molecule has 102 valence electrons. The maximum Gasteiger partial charge on any atom is 0.125 e. The van der Waals surface area contributed by atoms with Crippen molar-refractivity contribution in [2.24, 2.45) is 5.92 Å². The van der Waals surface area contributed by atoms with Crippen LogP contribution in [0.1, 0.15) is 32.6 Å². The van der Waals surface area contributed by atoms with Crippen LogP contribution in [0.4, 0.5) is 5.69 Å². The van der Waals surface area contributed by atoms with E-state index >= 15 is 0 Å². The van der Waals surface area contributed by atoms with E-state index in [0.29, 0.717) is 5.92 Å². The lowest BCUT2D eigenvalue weighted by molar-refractivity contribution is 0.271. The van der Waals surface area contributed by atoms with Gasteiger partial charge in [-0.2, -0.15) is 0 Å². The summed E-state index contributed by atoms with van der Waals surface area (Å²) >= 11 is 0. The van der Waals surface area contributed by atoms with Crippen molar-refractivity contribution in [1.82, 2.24) is 0 Å². The van der Waals surface area contributed by atoms with Gasteiger partial charge in [0, 0.05) is 11.8 Å². The van der Waals surface area contributed by atoms with Gasteiger partial charge in [-0.1, -0.05) is 19.9 Å². The number of furan rings is 1. The summed E-state index contributed by atoms with van der Waals surface area (Å²) in [5.41, 5.74) is 1.03. The van der Waals surface area contributed by atoms with Gasteiger partial charge in [0.15, 0.2) is 0 Å². The third kappa shape index (κ3) is 4.05. The fourth-order valence-electron chi connectivity index (χ4n) is 1.80. The third-order valence-electron chi connectivity index (χ3n) is 2.77. The van der Waals surface area contributed by atoms with Crippen molar-refractivity contribution < 1.29 is 9.15 Å². The van der Waals surface area contributed by atoms with E-state index in [1.165, 1.54) is 0 Å². The third-order valence-corrected chi connectivity index (χ3v) is 2.77. The van der Waals surface area contributed by atoms with Crippen LogP contribution in [0.15, 0.2) is 47.1 Å². The molecule has 1 aromatic heterocycles. The molecular formula is C16H21NO2. The van der Waals surface area contributed by atoms with Gasteiger partial charge in [-0.15, -0.1) is 0 Å². The molecule has 1 heterocycles. The van der Waals surface area contributed by atoms with Crippen molar-refractivity contribution in [3.05, 3.63) is 48.4 Å². The average Bonchev–Trinajstić information content (AvgIpc) is 2.91. The van der Waals surface area contributed by atoms with E-state index in [4.69, 9.17) is 9.15 Å². The molecule has 1 atom stereocenters. The number of hydrogen-bond acceptors (Lipinski definition) is 3. The number of benzene rings is 1. The van der Waals surface area contributed by atoms with Gasteiger partial charge in [-0.05, 0) is 37.1 Å². The normalized spacial score (nSPS) is 12.4. The molecule has 0 aliphatic rings. The van der Waals surface area contributed by atoms with Crippen molar-refractivity contribution in [2.75, 3.05) is 11.9 Å². The molecule has 3 heteroatoms. The van der Waals surface area contributed by atoms with Crippen LogP contribution < -0.4 is 10.1 Å². The summed E-state index contributed by atoms with van der Waals surface area (Å²) in [6.07, 6.45) is 1.69. The van der Waals surface area contributed by atoms with Gasteiger partial charge in [-0.25, -0.2) is 0 Å². The van der Waals surface area contributed by atoms with Crippen molar-refractivity contribution in [1.29, 1.82) is 0 Å². The second kappa shape index (κ2) is 6.32. The molecule has 0 aliphatic carbocycles. The van der Waals surface area contributed by atoms with Gasteiger partial charge in [0.05, 0.1) is 18.9 Å². The summed E-state index contributed by atoms with van der Waals surface area (Å²) in [6, 6.07) is 12.0. The minimum atomic E-state index is 0.135. The number of nitrogens with one attached hydrogen (secondary N) is 1. The lowest BCUT2D eigenvalue weighted by atomic mass is 10.2. The first-order valence-corrected chi connectivity index (χ1v) is 6.68. The predicted octanol–water partition coefficient (Wildman–Crippen LogP) is 4.49. The summed E-state index contributed by atoms with van der Waals surface area (Å²) in [5.74, 6) is 2.34. The highest BCUT2D eigenvalue weighted by molar-refractivity contribution is 5.49. The monoisotopic (exact) mass is 259 g/mol. The van der Waals surface area contributed by atoms with Crippen LogP contribution >= 0.6 is 0 Å². The van der Waals surface area contributed by atoms with Crippen LogP contribution in [-0.2, 0) is 0 Å². The topological polar surface area (TPSA) is 34.4 Å². The van der Waals surface area contributed by atoms with Crippen LogP contribution in [-0.4, -0.2) is 6.61 Å². The van der Waals surface area contributed by atoms with E-state index in [0.717, 1.165) is 23.8 Å². The second-order valence-electron chi connectivity index (χ2n) is 5.11. The zero-order chi connectivity index (χ0) is 13.7. The number of hydrogen-bond donors (Lipinski definition) is 1. The highest BCUT2D eigenvalue weighted by Gasteiger charge is 2.08. The molecule has 0 saturated carbocycles. The molecule has 0 spiro atoms. The second-order valence-corrected chi connectivity index (χ2v) is 5.11. The quantitative estimate of drug-likeness (QED) is 0.830. The van der Waals surface area contributed by atoms with Crippen molar-refractivity contribution in [3.8, 4) is 5.75 Å². The largest absolute Gasteiger partial charge is 0.493 e. The van der Waals surface area contributed by atoms with Crippen LogP contribution in [0.2, 0.25) is 0 Å². The van der Waals surface area contributed by atoms with E-state index < -0.39 is 0 Å². The zero-order valence-electron chi connectivity index (χ0n) is 11.7. The smallest absolute Gasteiger partial charge is 0.125 e. The maximum absolute atomic E-state index is 5.72. The first-order chi connectivity index (χ1) is 9.15. The molecule has 2 rings (SSSR count). The van der Waals surface area contributed by atoms with Gasteiger partial charge >= 0.3 is 0 Å². The molecule has 1 aromatic carbocycles.